The predicted octanol–water partition coefficient (Wildman–Crippen LogP) is 3.45. The van der Waals surface area contributed by atoms with Gasteiger partial charge in [-0.2, -0.15) is 0 Å². The molecule has 1 aromatic rings. The van der Waals surface area contributed by atoms with Gasteiger partial charge in [0.1, 0.15) is 0 Å². The Morgan fingerprint density at radius 2 is 2.21 bits per heavy atom. The lowest BCUT2D eigenvalue weighted by Crippen LogP contribution is -2.56. The highest BCUT2D eigenvalue weighted by atomic mass is 32.1. The topological polar surface area (TPSA) is 15.3 Å². The summed E-state index contributed by atoms with van der Waals surface area (Å²) >= 11 is 1.96. The summed E-state index contributed by atoms with van der Waals surface area (Å²) in [7, 11) is 0. The van der Waals surface area contributed by atoms with Crippen LogP contribution in [0.4, 0.5) is 0 Å². The lowest BCUT2D eigenvalue weighted by molar-refractivity contribution is 0.0900. The van der Waals surface area contributed by atoms with E-state index < -0.39 is 0 Å². The fourth-order valence-corrected chi connectivity index (χ4v) is 4.46. The van der Waals surface area contributed by atoms with E-state index in [2.05, 4.69) is 42.4 Å². The second kappa shape index (κ2) is 5.19. The first kappa shape index (κ1) is 13.6. The van der Waals surface area contributed by atoms with Crippen LogP contribution in [0.15, 0.2) is 11.4 Å². The number of fused-ring (bicyclic) bond motifs is 1. The minimum atomic E-state index is 0.352. The van der Waals surface area contributed by atoms with E-state index in [1.165, 1.54) is 32.4 Å². The van der Waals surface area contributed by atoms with Gasteiger partial charge in [-0.3, -0.25) is 4.90 Å². The number of nitrogens with zero attached hydrogens (tertiary/aromatic N) is 1. The molecule has 0 bridgehead atoms. The van der Waals surface area contributed by atoms with Crippen LogP contribution < -0.4 is 5.32 Å². The lowest BCUT2D eigenvalue weighted by atomic mass is 9.84. The summed E-state index contributed by atoms with van der Waals surface area (Å²) in [6.07, 6.45) is 4.02. The summed E-state index contributed by atoms with van der Waals surface area (Å²) in [5, 5.41) is 5.99. The second-order valence-corrected chi connectivity index (χ2v) is 8.08. The molecule has 1 aliphatic heterocycles. The van der Waals surface area contributed by atoms with E-state index in [0.717, 1.165) is 6.54 Å². The van der Waals surface area contributed by atoms with Gasteiger partial charge < -0.3 is 5.32 Å². The maximum atomic E-state index is 3.71. The van der Waals surface area contributed by atoms with Gasteiger partial charge in [0.15, 0.2) is 0 Å². The molecule has 106 valence electrons. The van der Waals surface area contributed by atoms with Gasteiger partial charge >= 0.3 is 0 Å². The quantitative estimate of drug-likeness (QED) is 0.846. The number of hydrogen-bond acceptors (Lipinski definition) is 3. The third-order valence-electron chi connectivity index (χ3n) is 4.71. The Kier molecular flexibility index (Phi) is 3.71. The molecule has 0 radical (unpaired) electrons. The molecule has 0 saturated carbocycles. The highest BCUT2D eigenvalue weighted by Crippen LogP contribution is 2.38. The summed E-state index contributed by atoms with van der Waals surface area (Å²) in [5.74, 6) is 0. The zero-order valence-corrected chi connectivity index (χ0v) is 13.2. The first-order chi connectivity index (χ1) is 9.05. The fourth-order valence-electron chi connectivity index (χ4n) is 3.48. The monoisotopic (exact) mass is 278 g/mol. The fraction of sp³-hybridized carbons (Fsp3) is 0.750. The van der Waals surface area contributed by atoms with Crippen molar-refractivity contribution in [2.75, 3.05) is 19.6 Å². The summed E-state index contributed by atoms with van der Waals surface area (Å²) in [4.78, 5) is 4.37. The Bertz CT molecular complexity index is 432. The largest absolute Gasteiger partial charge is 0.311 e. The molecular formula is C16H26N2S. The molecule has 19 heavy (non-hydrogen) atoms. The zero-order valence-electron chi connectivity index (χ0n) is 12.4. The molecule has 2 aliphatic rings. The van der Waals surface area contributed by atoms with E-state index in [-0.39, 0.29) is 0 Å². The number of rotatable bonds is 1. The summed E-state index contributed by atoms with van der Waals surface area (Å²) in [6.45, 7) is 10.6. The number of hydrogen-bond donors (Lipinski definition) is 1. The average Bonchev–Trinajstić information content (AvgIpc) is 2.86. The van der Waals surface area contributed by atoms with Crippen LogP contribution in [-0.4, -0.2) is 30.6 Å². The van der Waals surface area contributed by atoms with Crippen LogP contribution in [0.25, 0.3) is 0 Å². The van der Waals surface area contributed by atoms with Gasteiger partial charge in [0.2, 0.25) is 0 Å². The molecule has 0 spiro atoms. The molecule has 2 unspecified atom stereocenters. The van der Waals surface area contributed by atoms with Crippen LogP contribution >= 0.6 is 11.3 Å². The van der Waals surface area contributed by atoms with Crippen molar-refractivity contribution >= 4 is 11.3 Å². The summed E-state index contributed by atoms with van der Waals surface area (Å²) in [5.41, 5.74) is 1.98. The highest BCUT2D eigenvalue weighted by Gasteiger charge is 2.34. The summed E-state index contributed by atoms with van der Waals surface area (Å²) < 4.78 is 0. The number of aryl methyl sites for hydroxylation is 1. The first-order valence-corrected chi connectivity index (χ1v) is 8.47. The van der Waals surface area contributed by atoms with Crippen LogP contribution in [0.1, 0.15) is 50.1 Å². The Morgan fingerprint density at radius 3 is 3.00 bits per heavy atom. The third-order valence-corrected chi connectivity index (χ3v) is 5.71. The van der Waals surface area contributed by atoms with Gasteiger partial charge in [0.05, 0.1) is 0 Å². The van der Waals surface area contributed by atoms with Crippen molar-refractivity contribution in [2.45, 2.75) is 52.1 Å². The molecule has 2 atom stereocenters. The van der Waals surface area contributed by atoms with Crippen molar-refractivity contribution in [1.29, 1.82) is 0 Å². The van der Waals surface area contributed by atoms with Crippen molar-refractivity contribution in [3.8, 4) is 0 Å². The first-order valence-electron chi connectivity index (χ1n) is 7.59. The normalized spacial score (nSPS) is 29.2. The van der Waals surface area contributed by atoms with Crippen LogP contribution in [-0.2, 0) is 6.42 Å². The summed E-state index contributed by atoms with van der Waals surface area (Å²) in [6, 6.07) is 3.67. The zero-order chi connectivity index (χ0) is 13.5. The molecule has 0 amide bonds. The molecular weight excluding hydrogens is 252 g/mol. The Labute approximate surface area is 121 Å². The highest BCUT2D eigenvalue weighted by molar-refractivity contribution is 7.10. The van der Waals surface area contributed by atoms with Gasteiger partial charge in [-0.15, -0.1) is 11.3 Å². The molecule has 3 rings (SSSR count). The van der Waals surface area contributed by atoms with E-state index in [4.69, 9.17) is 0 Å². The van der Waals surface area contributed by atoms with Gasteiger partial charge in [-0.05, 0) is 41.7 Å². The molecule has 3 heteroatoms. The van der Waals surface area contributed by atoms with Crippen LogP contribution in [0.2, 0.25) is 0 Å². The van der Waals surface area contributed by atoms with E-state index in [0.29, 0.717) is 17.5 Å². The lowest BCUT2D eigenvalue weighted by Gasteiger charge is -2.44. The van der Waals surface area contributed by atoms with E-state index in [9.17, 15) is 0 Å². The van der Waals surface area contributed by atoms with E-state index in [1.54, 1.807) is 10.4 Å². The van der Waals surface area contributed by atoms with Crippen LogP contribution in [0.3, 0.4) is 0 Å². The van der Waals surface area contributed by atoms with Crippen molar-refractivity contribution < 1.29 is 0 Å². The smallest absolute Gasteiger partial charge is 0.0360 e. The molecule has 1 aromatic heterocycles. The average molecular weight is 278 g/mol. The second-order valence-electron chi connectivity index (χ2n) is 7.07. The Morgan fingerprint density at radius 1 is 1.37 bits per heavy atom. The standard InChI is InChI=1S/C16H26N2S/c1-16(2,3)15-11-18(9-8-17-15)13-5-4-6-14-12(13)7-10-19-14/h7,10,13,15,17H,4-6,8-9,11H2,1-3H3. The predicted molar refractivity (Wildman–Crippen MR) is 82.8 cm³/mol. The number of nitrogens with one attached hydrogen (secondary N) is 1. The maximum absolute atomic E-state index is 3.71. The minimum absolute atomic E-state index is 0.352. The van der Waals surface area contributed by atoms with Gasteiger partial charge in [0.25, 0.3) is 0 Å². The van der Waals surface area contributed by atoms with Crippen molar-refractivity contribution in [3.05, 3.63) is 21.9 Å². The molecule has 1 aliphatic carbocycles. The molecule has 1 N–H and O–H groups in total. The maximum Gasteiger partial charge on any atom is 0.0360 e. The number of thiophene rings is 1. The molecule has 1 fully saturated rings. The SMILES string of the molecule is CC(C)(C)C1CN(C2CCCc3sccc32)CCN1. The van der Waals surface area contributed by atoms with E-state index >= 15 is 0 Å². The van der Waals surface area contributed by atoms with Crippen LogP contribution in [0.5, 0.6) is 0 Å². The molecule has 2 heterocycles. The number of piperazine rings is 1. The minimum Gasteiger partial charge on any atom is -0.311 e. The van der Waals surface area contributed by atoms with Gasteiger partial charge in [-0.25, -0.2) is 0 Å². The van der Waals surface area contributed by atoms with Crippen molar-refractivity contribution in [1.82, 2.24) is 10.2 Å². The molecule has 0 aromatic carbocycles. The van der Waals surface area contributed by atoms with Crippen molar-refractivity contribution in [3.63, 3.8) is 0 Å². The van der Waals surface area contributed by atoms with E-state index in [1.807, 2.05) is 11.3 Å². The Balaban J connectivity index is 1.77. The van der Waals surface area contributed by atoms with Crippen molar-refractivity contribution in [2.24, 2.45) is 5.41 Å². The molecule has 1 saturated heterocycles. The van der Waals surface area contributed by atoms with Crippen LogP contribution in [0, 0.1) is 5.41 Å². The third kappa shape index (κ3) is 2.74. The Hall–Kier alpha value is -0.380. The van der Waals surface area contributed by atoms with Gasteiger partial charge in [-0.1, -0.05) is 20.8 Å². The van der Waals surface area contributed by atoms with Gasteiger partial charge in [0, 0.05) is 36.6 Å². The molecule has 2 nitrogen and oxygen atoms in total.